The van der Waals surface area contributed by atoms with Crippen molar-refractivity contribution in [3.63, 3.8) is 0 Å². The highest BCUT2D eigenvalue weighted by Crippen LogP contribution is 2.75. The number of carbonyl (C=O) groups is 1. The number of aliphatic carboxylic acids is 1. The van der Waals surface area contributed by atoms with E-state index >= 15 is 0 Å². The molecule has 4 nitrogen and oxygen atoms in total. The zero-order chi connectivity index (χ0) is 23.0. The molecule has 1 N–H and O–H groups in total. The Morgan fingerprint density at radius 2 is 1.81 bits per heavy atom. The Balaban J connectivity index is 2.03. The first kappa shape index (κ1) is 22.7. The summed E-state index contributed by atoms with van der Waals surface area (Å²) >= 11 is 5.40. The Morgan fingerprint density at radius 3 is 2.35 bits per heavy atom. The quantitative estimate of drug-likeness (QED) is 0.546. The van der Waals surface area contributed by atoms with E-state index in [9.17, 15) is 28.3 Å². The molecule has 0 aromatic heterocycles. The van der Waals surface area contributed by atoms with Gasteiger partial charge in [0, 0.05) is 5.92 Å². The fourth-order valence-electron chi connectivity index (χ4n) is 4.32. The molecule has 162 valence electrons. The van der Waals surface area contributed by atoms with Crippen molar-refractivity contribution in [3.8, 4) is 17.6 Å². The van der Waals surface area contributed by atoms with Gasteiger partial charge in [0.1, 0.15) is 21.9 Å². The van der Waals surface area contributed by atoms with Gasteiger partial charge in [-0.2, -0.15) is 18.4 Å². The van der Waals surface area contributed by atoms with E-state index in [2.05, 4.69) is 0 Å². The molecule has 0 heterocycles. The molecule has 0 saturated heterocycles. The van der Waals surface area contributed by atoms with Crippen LogP contribution < -0.4 is 4.74 Å². The normalized spacial score (nSPS) is 23.5. The average molecular weight is 450 g/mol. The number of carboxylic acids is 1. The lowest BCUT2D eigenvalue weighted by Crippen LogP contribution is -2.29. The van der Waals surface area contributed by atoms with E-state index in [0.717, 1.165) is 0 Å². The first-order valence-electron chi connectivity index (χ1n) is 9.36. The number of ether oxygens (including phenoxy) is 1. The van der Waals surface area contributed by atoms with Gasteiger partial charge in [-0.15, -0.1) is 0 Å². The standard InChI is InChI=1S/C23H19ClF3NO3/c1-21(2)18(12-19(24)23(25,26)27)22(21,20(29)30)17(13-28)14-7-6-10-16(11-14)31-15-8-4-3-5-9-15/h3-12,17-18H,1-2H3,(H,29,30)/b19-12-/t17-,18+,22+/m1/s1. The van der Waals surface area contributed by atoms with E-state index in [0.29, 0.717) is 23.1 Å². The third kappa shape index (κ3) is 3.88. The van der Waals surface area contributed by atoms with Crippen LogP contribution in [0.25, 0.3) is 0 Å². The number of alkyl halides is 3. The Hall–Kier alpha value is -2.98. The topological polar surface area (TPSA) is 70.3 Å². The zero-order valence-electron chi connectivity index (χ0n) is 16.7. The van der Waals surface area contributed by atoms with Gasteiger partial charge in [0.05, 0.1) is 12.0 Å². The van der Waals surface area contributed by atoms with Gasteiger partial charge in [-0.3, -0.25) is 4.79 Å². The predicted octanol–water partition coefficient (Wildman–Crippen LogP) is 6.50. The number of hydrogen-bond acceptors (Lipinski definition) is 3. The van der Waals surface area contributed by atoms with E-state index in [1.807, 2.05) is 12.1 Å². The molecule has 0 spiro atoms. The maximum atomic E-state index is 13.0. The molecule has 1 aliphatic carbocycles. The number of halogens is 4. The number of carboxylic acid groups (broad SMARTS) is 1. The molecular formula is C23H19ClF3NO3. The van der Waals surface area contributed by atoms with Gasteiger partial charge in [0.25, 0.3) is 0 Å². The van der Waals surface area contributed by atoms with Gasteiger partial charge in [-0.05, 0) is 35.2 Å². The Morgan fingerprint density at radius 1 is 1.19 bits per heavy atom. The van der Waals surface area contributed by atoms with Crippen LogP contribution in [0.1, 0.15) is 25.3 Å². The van der Waals surface area contributed by atoms with Crippen molar-refractivity contribution in [3.05, 3.63) is 71.3 Å². The van der Waals surface area contributed by atoms with Crippen LogP contribution in [0.3, 0.4) is 0 Å². The van der Waals surface area contributed by atoms with Gasteiger partial charge in [-0.25, -0.2) is 0 Å². The molecule has 2 aromatic rings. The van der Waals surface area contributed by atoms with Gasteiger partial charge >= 0.3 is 12.1 Å². The van der Waals surface area contributed by atoms with Crippen molar-refractivity contribution in [1.82, 2.24) is 0 Å². The summed E-state index contributed by atoms with van der Waals surface area (Å²) in [7, 11) is 0. The van der Waals surface area contributed by atoms with Crippen LogP contribution in [-0.2, 0) is 4.79 Å². The molecule has 1 aliphatic rings. The molecule has 0 radical (unpaired) electrons. The van der Waals surface area contributed by atoms with Crippen LogP contribution in [0.2, 0.25) is 0 Å². The lowest BCUT2D eigenvalue weighted by molar-refractivity contribution is -0.145. The van der Waals surface area contributed by atoms with Gasteiger partial charge < -0.3 is 9.84 Å². The summed E-state index contributed by atoms with van der Waals surface area (Å²) < 4.78 is 44.7. The Bertz CT molecular complexity index is 1060. The van der Waals surface area contributed by atoms with E-state index in [-0.39, 0.29) is 0 Å². The molecular weight excluding hydrogens is 431 g/mol. The minimum absolute atomic E-state index is 0.338. The van der Waals surface area contributed by atoms with E-state index in [4.69, 9.17) is 16.3 Å². The molecule has 3 rings (SSSR count). The zero-order valence-corrected chi connectivity index (χ0v) is 17.4. The Kier molecular flexibility index (Phi) is 5.81. The van der Waals surface area contributed by atoms with Crippen molar-refractivity contribution in [2.24, 2.45) is 16.7 Å². The van der Waals surface area contributed by atoms with Crippen molar-refractivity contribution in [2.75, 3.05) is 0 Å². The number of allylic oxidation sites excluding steroid dienone is 2. The maximum absolute atomic E-state index is 13.0. The van der Waals surface area contributed by atoms with Crippen LogP contribution in [0.15, 0.2) is 65.7 Å². The highest BCUT2D eigenvalue weighted by molar-refractivity contribution is 6.30. The highest BCUT2D eigenvalue weighted by atomic mass is 35.5. The van der Waals surface area contributed by atoms with Crippen molar-refractivity contribution >= 4 is 17.6 Å². The van der Waals surface area contributed by atoms with Crippen LogP contribution in [-0.4, -0.2) is 17.3 Å². The lowest BCUT2D eigenvalue weighted by atomic mass is 9.78. The number of nitriles is 1. The fourth-order valence-corrected chi connectivity index (χ4v) is 4.45. The van der Waals surface area contributed by atoms with Gasteiger partial charge in [0.15, 0.2) is 0 Å². The minimum atomic E-state index is -4.80. The van der Waals surface area contributed by atoms with Crippen LogP contribution in [0.5, 0.6) is 11.5 Å². The maximum Gasteiger partial charge on any atom is 0.426 e. The molecule has 1 fully saturated rings. The summed E-state index contributed by atoms with van der Waals surface area (Å²) in [5.74, 6) is -2.74. The van der Waals surface area contributed by atoms with Crippen molar-refractivity contribution in [2.45, 2.75) is 25.9 Å². The van der Waals surface area contributed by atoms with Gasteiger partial charge in [-0.1, -0.05) is 61.9 Å². The van der Waals surface area contributed by atoms with Crippen molar-refractivity contribution in [1.29, 1.82) is 5.26 Å². The van der Waals surface area contributed by atoms with E-state index in [1.165, 1.54) is 19.9 Å². The Labute approximate surface area is 182 Å². The number of benzene rings is 2. The number of hydrogen-bond donors (Lipinski definition) is 1. The SMILES string of the molecule is CC1(C)[C@H](/C=C(\Cl)C(F)(F)F)[C@]1(C(=O)O)[C@H](C#N)c1cccc(Oc2ccccc2)c1. The molecule has 0 bridgehead atoms. The van der Waals surface area contributed by atoms with E-state index < -0.39 is 39.8 Å². The first-order valence-corrected chi connectivity index (χ1v) is 9.74. The van der Waals surface area contributed by atoms with Crippen LogP contribution >= 0.6 is 11.6 Å². The van der Waals surface area contributed by atoms with Crippen LogP contribution in [0.4, 0.5) is 13.2 Å². The van der Waals surface area contributed by atoms with Crippen molar-refractivity contribution < 1.29 is 27.8 Å². The molecule has 2 aromatic carbocycles. The predicted molar refractivity (Wildman–Crippen MR) is 109 cm³/mol. The average Bonchev–Trinajstić information content (AvgIpc) is 3.18. The summed E-state index contributed by atoms with van der Waals surface area (Å²) in [5.41, 5.74) is -2.58. The molecule has 1 saturated carbocycles. The number of para-hydroxylation sites is 1. The largest absolute Gasteiger partial charge is 0.481 e. The fraction of sp³-hybridized carbons (Fsp3) is 0.304. The lowest BCUT2D eigenvalue weighted by Gasteiger charge is -2.22. The number of rotatable bonds is 6. The summed E-state index contributed by atoms with van der Waals surface area (Å²) in [6, 6.07) is 17.2. The molecule has 0 amide bonds. The monoisotopic (exact) mass is 449 g/mol. The number of nitrogens with zero attached hydrogens (tertiary/aromatic N) is 1. The summed E-state index contributed by atoms with van der Waals surface area (Å²) in [6.45, 7) is 3.05. The summed E-state index contributed by atoms with van der Waals surface area (Å²) in [4.78, 5) is 12.4. The molecule has 8 heteroatoms. The van der Waals surface area contributed by atoms with Crippen LogP contribution in [0, 0.1) is 28.1 Å². The summed E-state index contributed by atoms with van der Waals surface area (Å²) in [5, 5.41) is 18.6. The first-order chi connectivity index (χ1) is 14.5. The van der Waals surface area contributed by atoms with E-state index in [1.54, 1.807) is 42.5 Å². The second kappa shape index (κ2) is 7.93. The molecule has 0 unspecified atom stereocenters. The highest BCUT2D eigenvalue weighted by Gasteiger charge is 2.78. The summed E-state index contributed by atoms with van der Waals surface area (Å²) in [6.07, 6.45) is -4.08. The molecule has 31 heavy (non-hydrogen) atoms. The second-order valence-corrected chi connectivity index (χ2v) is 8.34. The molecule has 0 aliphatic heterocycles. The third-order valence-corrected chi connectivity index (χ3v) is 6.28. The minimum Gasteiger partial charge on any atom is -0.481 e. The smallest absolute Gasteiger partial charge is 0.426 e. The van der Waals surface area contributed by atoms with Gasteiger partial charge in [0.2, 0.25) is 0 Å². The third-order valence-electron chi connectivity index (χ3n) is 5.94. The molecule has 3 atom stereocenters. The second-order valence-electron chi connectivity index (χ2n) is 7.94.